The van der Waals surface area contributed by atoms with Gasteiger partial charge in [0.25, 0.3) is 0 Å². The summed E-state index contributed by atoms with van der Waals surface area (Å²) in [6, 6.07) is 8.87. The summed E-state index contributed by atoms with van der Waals surface area (Å²) in [5.41, 5.74) is 1.15. The van der Waals surface area contributed by atoms with Gasteiger partial charge in [-0.2, -0.15) is 0 Å². The molecule has 0 unspecified atom stereocenters. The molecular formula is C18H20Cl2N2O2. The standard InChI is InChI=1S/C18H20Cl2N2O2/c1-12-7-8-21-16(9-12)22(17(23)24-18(2,3)4)11-13-5-6-14(19)10-15(13)20/h5-10H,11H2,1-4H3. The molecule has 0 saturated carbocycles. The Hall–Kier alpha value is -1.78. The Morgan fingerprint density at radius 1 is 1.21 bits per heavy atom. The van der Waals surface area contributed by atoms with Gasteiger partial charge in [-0.15, -0.1) is 0 Å². The Labute approximate surface area is 152 Å². The molecule has 128 valence electrons. The molecule has 0 aliphatic rings. The minimum absolute atomic E-state index is 0.237. The highest BCUT2D eigenvalue weighted by Crippen LogP contribution is 2.25. The summed E-state index contributed by atoms with van der Waals surface area (Å²) in [6.45, 7) is 7.64. The number of hydrogen-bond donors (Lipinski definition) is 0. The van der Waals surface area contributed by atoms with Crippen LogP contribution in [0.5, 0.6) is 0 Å². The number of halogens is 2. The van der Waals surface area contributed by atoms with Crippen molar-refractivity contribution in [3.8, 4) is 0 Å². The first-order valence-corrected chi connectivity index (χ1v) is 8.28. The van der Waals surface area contributed by atoms with Crippen molar-refractivity contribution in [3.63, 3.8) is 0 Å². The van der Waals surface area contributed by atoms with Gasteiger partial charge in [-0.05, 0) is 63.1 Å². The lowest BCUT2D eigenvalue weighted by Crippen LogP contribution is -2.37. The largest absolute Gasteiger partial charge is 0.443 e. The SMILES string of the molecule is Cc1ccnc(N(Cc2ccc(Cl)cc2Cl)C(=O)OC(C)(C)C)c1. The van der Waals surface area contributed by atoms with Crippen LogP contribution in [0.4, 0.5) is 10.6 Å². The monoisotopic (exact) mass is 366 g/mol. The number of benzene rings is 1. The van der Waals surface area contributed by atoms with E-state index in [-0.39, 0.29) is 6.54 Å². The van der Waals surface area contributed by atoms with Gasteiger partial charge in [0.05, 0.1) is 6.54 Å². The summed E-state index contributed by atoms with van der Waals surface area (Å²) in [5.74, 6) is 0.510. The number of pyridine rings is 1. The van der Waals surface area contributed by atoms with E-state index < -0.39 is 11.7 Å². The Bertz CT molecular complexity index is 742. The van der Waals surface area contributed by atoms with Crippen molar-refractivity contribution in [3.05, 3.63) is 57.7 Å². The maximum absolute atomic E-state index is 12.6. The average molecular weight is 367 g/mol. The first kappa shape index (κ1) is 18.6. The van der Waals surface area contributed by atoms with Gasteiger partial charge in [0.15, 0.2) is 0 Å². The molecule has 0 spiro atoms. The molecule has 2 aromatic rings. The van der Waals surface area contributed by atoms with Crippen LogP contribution in [-0.2, 0) is 11.3 Å². The fraction of sp³-hybridized carbons (Fsp3) is 0.333. The molecule has 0 fully saturated rings. The van der Waals surface area contributed by atoms with E-state index in [4.69, 9.17) is 27.9 Å². The Morgan fingerprint density at radius 3 is 2.50 bits per heavy atom. The van der Waals surface area contributed by atoms with Gasteiger partial charge in [0, 0.05) is 16.2 Å². The zero-order valence-electron chi connectivity index (χ0n) is 14.1. The molecule has 1 heterocycles. The van der Waals surface area contributed by atoms with Gasteiger partial charge >= 0.3 is 6.09 Å². The van der Waals surface area contributed by atoms with Gasteiger partial charge < -0.3 is 4.74 Å². The quantitative estimate of drug-likeness (QED) is 0.705. The van der Waals surface area contributed by atoms with E-state index in [1.807, 2.05) is 39.8 Å². The molecule has 6 heteroatoms. The number of aromatic nitrogens is 1. The van der Waals surface area contributed by atoms with Crippen molar-refractivity contribution in [1.82, 2.24) is 4.98 Å². The lowest BCUT2D eigenvalue weighted by molar-refractivity contribution is 0.0576. The van der Waals surface area contributed by atoms with Gasteiger partial charge in [-0.1, -0.05) is 29.3 Å². The summed E-state index contributed by atoms with van der Waals surface area (Å²) in [7, 11) is 0. The maximum Gasteiger partial charge on any atom is 0.416 e. The van der Waals surface area contributed by atoms with Crippen molar-refractivity contribution in [2.75, 3.05) is 4.90 Å². The van der Waals surface area contributed by atoms with Crippen LogP contribution in [0.25, 0.3) is 0 Å². The highest BCUT2D eigenvalue weighted by molar-refractivity contribution is 6.35. The third kappa shape index (κ3) is 5.11. The van der Waals surface area contributed by atoms with Crippen LogP contribution >= 0.6 is 23.2 Å². The number of hydrogen-bond acceptors (Lipinski definition) is 3. The molecule has 1 amide bonds. The van der Waals surface area contributed by atoms with Gasteiger partial charge in [0.1, 0.15) is 11.4 Å². The van der Waals surface area contributed by atoms with Crippen molar-refractivity contribution in [2.45, 2.75) is 39.8 Å². The normalized spacial score (nSPS) is 11.2. The second-order valence-corrected chi connectivity index (χ2v) is 7.34. The molecule has 0 radical (unpaired) electrons. The molecule has 4 nitrogen and oxygen atoms in total. The molecule has 2 rings (SSSR count). The number of amides is 1. The number of aryl methyl sites for hydroxylation is 1. The van der Waals surface area contributed by atoms with Crippen LogP contribution in [0.3, 0.4) is 0 Å². The lowest BCUT2D eigenvalue weighted by atomic mass is 10.2. The summed E-state index contributed by atoms with van der Waals surface area (Å²) < 4.78 is 5.51. The molecule has 0 bridgehead atoms. The van der Waals surface area contributed by atoms with Crippen molar-refractivity contribution < 1.29 is 9.53 Å². The van der Waals surface area contributed by atoms with E-state index in [1.165, 1.54) is 4.90 Å². The Balaban J connectivity index is 2.37. The molecule has 1 aromatic heterocycles. The molecule has 0 saturated heterocycles. The molecule has 0 atom stereocenters. The fourth-order valence-corrected chi connectivity index (χ4v) is 2.51. The molecule has 0 N–H and O–H groups in total. The summed E-state index contributed by atoms with van der Waals surface area (Å²) in [6.07, 6.45) is 1.18. The van der Waals surface area contributed by atoms with Crippen LogP contribution in [0.1, 0.15) is 31.9 Å². The van der Waals surface area contributed by atoms with Crippen molar-refractivity contribution >= 4 is 35.1 Å². The van der Waals surface area contributed by atoms with Crippen LogP contribution in [0.2, 0.25) is 10.0 Å². The van der Waals surface area contributed by atoms with E-state index in [0.717, 1.165) is 11.1 Å². The third-order valence-corrected chi connectivity index (χ3v) is 3.72. The minimum Gasteiger partial charge on any atom is -0.443 e. The molecular weight excluding hydrogens is 347 g/mol. The van der Waals surface area contributed by atoms with Crippen molar-refractivity contribution in [2.24, 2.45) is 0 Å². The number of carbonyl (C=O) groups is 1. The van der Waals surface area contributed by atoms with Gasteiger partial charge in [-0.25, -0.2) is 9.78 Å². The summed E-state index contributed by atoms with van der Waals surface area (Å²) in [4.78, 5) is 18.4. The Morgan fingerprint density at radius 2 is 1.92 bits per heavy atom. The minimum atomic E-state index is -0.608. The van der Waals surface area contributed by atoms with Crippen LogP contribution in [-0.4, -0.2) is 16.7 Å². The first-order chi connectivity index (χ1) is 11.2. The molecule has 1 aromatic carbocycles. The van der Waals surface area contributed by atoms with Crippen LogP contribution < -0.4 is 4.90 Å². The molecule has 0 aliphatic carbocycles. The van der Waals surface area contributed by atoms with Gasteiger partial charge in [0.2, 0.25) is 0 Å². The summed E-state index contributed by atoms with van der Waals surface area (Å²) in [5, 5.41) is 1.03. The Kier molecular flexibility index (Phi) is 5.73. The van der Waals surface area contributed by atoms with E-state index in [9.17, 15) is 4.79 Å². The molecule has 24 heavy (non-hydrogen) atoms. The van der Waals surface area contributed by atoms with Crippen LogP contribution in [0.15, 0.2) is 36.5 Å². The number of nitrogens with zero attached hydrogens (tertiary/aromatic N) is 2. The van der Waals surface area contributed by atoms with E-state index >= 15 is 0 Å². The van der Waals surface area contributed by atoms with Crippen LogP contribution in [0, 0.1) is 6.92 Å². The second kappa shape index (κ2) is 7.41. The lowest BCUT2D eigenvalue weighted by Gasteiger charge is -2.27. The van der Waals surface area contributed by atoms with E-state index in [1.54, 1.807) is 24.4 Å². The fourth-order valence-electron chi connectivity index (χ4n) is 2.04. The summed E-state index contributed by atoms with van der Waals surface area (Å²) >= 11 is 12.2. The third-order valence-electron chi connectivity index (χ3n) is 3.14. The number of anilines is 1. The topological polar surface area (TPSA) is 42.4 Å². The smallest absolute Gasteiger partial charge is 0.416 e. The molecule has 0 aliphatic heterocycles. The highest BCUT2D eigenvalue weighted by atomic mass is 35.5. The number of ether oxygens (including phenoxy) is 1. The predicted molar refractivity (Wildman–Crippen MR) is 97.9 cm³/mol. The number of rotatable bonds is 3. The second-order valence-electron chi connectivity index (χ2n) is 6.49. The zero-order chi connectivity index (χ0) is 17.9. The zero-order valence-corrected chi connectivity index (χ0v) is 15.6. The average Bonchev–Trinajstić information content (AvgIpc) is 2.44. The predicted octanol–water partition coefficient (Wildman–Crippen LogP) is 5.64. The maximum atomic E-state index is 12.6. The number of carbonyl (C=O) groups excluding carboxylic acids is 1. The van der Waals surface area contributed by atoms with E-state index in [2.05, 4.69) is 4.98 Å². The first-order valence-electron chi connectivity index (χ1n) is 7.53. The van der Waals surface area contributed by atoms with E-state index in [0.29, 0.717) is 15.9 Å². The highest BCUT2D eigenvalue weighted by Gasteiger charge is 2.25. The van der Waals surface area contributed by atoms with Gasteiger partial charge in [-0.3, -0.25) is 4.90 Å². The van der Waals surface area contributed by atoms with Crippen molar-refractivity contribution in [1.29, 1.82) is 0 Å².